The van der Waals surface area contributed by atoms with Gasteiger partial charge in [0, 0.05) is 17.7 Å². The second kappa shape index (κ2) is 5.02. The van der Waals surface area contributed by atoms with Crippen LogP contribution >= 0.6 is 0 Å². The SMILES string of the molecule is Cc1cccc(-n2nc(-c3ccccc3C)c3c2NCC3)c1. The van der Waals surface area contributed by atoms with E-state index in [9.17, 15) is 0 Å². The van der Waals surface area contributed by atoms with Gasteiger partial charge >= 0.3 is 0 Å². The summed E-state index contributed by atoms with van der Waals surface area (Å²) in [7, 11) is 0. The summed E-state index contributed by atoms with van der Waals surface area (Å²) in [6.07, 6.45) is 1.03. The first-order chi connectivity index (χ1) is 10.7. The zero-order valence-electron chi connectivity index (χ0n) is 12.9. The summed E-state index contributed by atoms with van der Waals surface area (Å²) in [4.78, 5) is 0. The van der Waals surface area contributed by atoms with Gasteiger partial charge in [-0.25, -0.2) is 4.68 Å². The second-order valence-electron chi connectivity index (χ2n) is 5.92. The number of rotatable bonds is 2. The van der Waals surface area contributed by atoms with Crippen LogP contribution in [0, 0.1) is 13.8 Å². The summed E-state index contributed by atoms with van der Waals surface area (Å²) >= 11 is 0. The van der Waals surface area contributed by atoms with Gasteiger partial charge in [-0.15, -0.1) is 0 Å². The predicted molar refractivity (Wildman–Crippen MR) is 90.7 cm³/mol. The van der Waals surface area contributed by atoms with Gasteiger partial charge in [0.05, 0.1) is 11.4 Å². The lowest BCUT2D eigenvalue weighted by atomic mass is 10.0. The molecule has 1 N–H and O–H groups in total. The molecule has 0 saturated heterocycles. The average molecular weight is 289 g/mol. The Hall–Kier alpha value is -2.55. The number of nitrogens with one attached hydrogen (secondary N) is 1. The van der Waals surface area contributed by atoms with Crippen molar-refractivity contribution in [3.05, 3.63) is 65.2 Å². The fourth-order valence-electron chi connectivity index (χ4n) is 3.18. The minimum absolute atomic E-state index is 0.984. The first-order valence-electron chi connectivity index (χ1n) is 7.73. The first kappa shape index (κ1) is 13.1. The Kier molecular flexibility index (Phi) is 3.00. The van der Waals surface area contributed by atoms with Crippen molar-refractivity contribution in [3.63, 3.8) is 0 Å². The largest absolute Gasteiger partial charge is 0.369 e. The van der Waals surface area contributed by atoms with Gasteiger partial charge in [-0.2, -0.15) is 5.10 Å². The van der Waals surface area contributed by atoms with Crippen LogP contribution in [-0.4, -0.2) is 16.3 Å². The smallest absolute Gasteiger partial charge is 0.133 e. The number of fused-ring (bicyclic) bond motifs is 1. The van der Waals surface area contributed by atoms with Gasteiger partial charge in [0.15, 0.2) is 0 Å². The standard InChI is InChI=1S/C19H19N3/c1-13-6-5-8-15(12-13)22-19-17(10-11-20-19)18(21-22)16-9-4-3-7-14(16)2/h3-9,12,20H,10-11H2,1-2H3. The van der Waals surface area contributed by atoms with Crippen LogP contribution in [0.2, 0.25) is 0 Å². The Bertz CT molecular complexity index is 846. The lowest BCUT2D eigenvalue weighted by Crippen LogP contribution is -2.04. The molecule has 0 unspecified atom stereocenters. The molecule has 22 heavy (non-hydrogen) atoms. The Morgan fingerprint density at radius 1 is 1.05 bits per heavy atom. The molecule has 0 radical (unpaired) electrons. The van der Waals surface area contributed by atoms with Crippen molar-refractivity contribution in [3.8, 4) is 16.9 Å². The van der Waals surface area contributed by atoms with E-state index in [4.69, 9.17) is 5.10 Å². The third kappa shape index (κ3) is 2.01. The molecule has 2 aromatic carbocycles. The van der Waals surface area contributed by atoms with E-state index in [2.05, 4.69) is 72.4 Å². The molecular weight excluding hydrogens is 270 g/mol. The molecule has 0 spiro atoms. The highest BCUT2D eigenvalue weighted by Crippen LogP contribution is 2.35. The van der Waals surface area contributed by atoms with E-state index >= 15 is 0 Å². The van der Waals surface area contributed by atoms with Gasteiger partial charge in [-0.1, -0.05) is 36.4 Å². The van der Waals surface area contributed by atoms with E-state index in [0.717, 1.165) is 30.2 Å². The van der Waals surface area contributed by atoms with Crippen LogP contribution in [0.4, 0.5) is 5.82 Å². The van der Waals surface area contributed by atoms with Crippen molar-refractivity contribution >= 4 is 5.82 Å². The minimum atomic E-state index is 0.984. The Labute approximate surface area is 130 Å². The maximum absolute atomic E-state index is 4.93. The molecule has 110 valence electrons. The third-order valence-electron chi connectivity index (χ3n) is 4.30. The third-order valence-corrected chi connectivity index (χ3v) is 4.30. The number of hydrogen-bond donors (Lipinski definition) is 1. The molecule has 0 atom stereocenters. The van der Waals surface area contributed by atoms with Crippen molar-refractivity contribution in [2.45, 2.75) is 20.3 Å². The van der Waals surface area contributed by atoms with Crippen LogP contribution in [-0.2, 0) is 6.42 Å². The van der Waals surface area contributed by atoms with Crippen LogP contribution in [0.3, 0.4) is 0 Å². The van der Waals surface area contributed by atoms with E-state index in [1.165, 1.54) is 22.3 Å². The number of benzene rings is 2. The van der Waals surface area contributed by atoms with Crippen LogP contribution in [0.1, 0.15) is 16.7 Å². The highest BCUT2D eigenvalue weighted by Gasteiger charge is 2.24. The topological polar surface area (TPSA) is 29.9 Å². The summed E-state index contributed by atoms with van der Waals surface area (Å²) in [6, 6.07) is 17.0. The molecule has 1 aliphatic rings. The molecule has 2 heterocycles. The van der Waals surface area contributed by atoms with Crippen LogP contribution < -0.4 is 5.32 Å². The van der Waals surface area contributed by atoms with Crippen molar-refractivity contribution < 1.29 is 0 Å². The fourth-order valence-corrected chi connectivity index (χ4v) is 3.18. The normalized spacial score (nSPS) is 13.0. The quantitative estimate of drug-likeness (QED) is 0.769. The lowest BCUT2D eigenvalue weighted by Gasteiger charge is -2.07. The molecule has 1 aromatic heterocycles. The summed E-state index contributed by atoms with van der Waals surface area (Å²) in [6.45, 7) is 5.25. The molecule has 0 bridgehead atoms. The number of nitrogens with zero attached hydrogens (tertiary/aromatic N) is 2. The lowest BCUT2D eigenvalue weighted by molar-refractivity contribution is 0.881. The molecule has 3 heteroatoms. The molecule has 1 aliphatic heterocycles. The fraction of sp³-hybridized carbons (Fsp3) is 0.211. The zero-order valence-corrected chi connectivity index (χ0v) is 12.9. The van der Waals surface area contributed by atoms with E-state index < -0.39 is 0 Å². The highest BCUT2D eigenvalue weighted by molar-refractivity contribution is 5.74. The van der Waals surface area contributed by atoms with Crippen molar-refractivity contribution in [2.75, 3.05) is 11.9 Å². The maximum atomic E-state index is 4.93. The number of aryl methyl sites for hydroxylation is 2. The van der Waals surface area contributed by atoms with E-state index in [1.54, 1.807) is 0 Å². The Morgan fingerprint density at radius 2 is 1.91 bits per heavy atom. The zero-order chi connectivity index (χ0) is 15.1. The Morgan fingerprint density at radius 3 is 2.73 bits per heavy atom. The van der Waals surface area contributed by atoms with Gasteiger partial charge in [-0.05, 0) is 43.5 Å². The van der Waals surface area contributed by atoms with Gasteiger partial charge < -0.3 is 5.32 Å². The Balaban J connectivity index is 1.93. The molecular formula is C19H19N3. The molecule has 3 nitrogen and oxygen atoms in total. The van der Waals surface area contributed by atoms with Gasteiger partial charge in [-0.3, -0.25) is 0 Å². The molecule has 4 rings (SSSR count). The van der Waals surface area contributed by atoms with Gasteiger partial charge in [0.2, 0.25) is 0 Å². The predicted octanol–water partition coefficient (Wildman–Crippen LogP) is 4.12. The molecule has 3 aromatic rings. The number of hydrogen-bond acceptors (Lipinski definition) is 2. The summed E-state index contributed by atoms with van der Waals surface area (Å²) in [5.41, 5.74) is 7.30. The first-order valence-corrected chi connectivity index (χ1v) is 7.73. The molecule has 0 saturated carbocycles. The molecule has 0 aliphatic carbocycles. The summed E-state index contributed by atoms with van der Waals surface area (Å²) in [5.74, 6) is 1.14. The van der Waals surface area contributed by atoms with Crippen molar-refractivity contribution in [2.24, 2.45) is 0 Å². The monoisotopic (exact) mass is 289 g/mol. The van der Waals surface area contributed by atoms with E-state index in [0.29, 0.717) is 0 Å². The van der Waals surface area contributed by atoms with E-state index in [1.807, 2.05) is 0 Å². The number of anilines is 1. The van der Waals surface area contributed by atoms with Gasteiger partial charge in [0.25, 0.3) is 0 Å². The van der Waals surface area contributed by atoms with Gasteiger partial charge in [0.1, 0.15) is 5.82 Å². The summed E-state index contributed by atoms with van der Waals surface area (Å²) < 4.78 is 2.05. The highest BCUT2D eigenvalue weighted by atomic mass is 15.3. The van der Waals surface area contributed by atoms with E-state index in [-0.39, 0.29) is 0 Å². The second-order valence-corrected chi connectivity index (χ2v) is 5.92. The van der Waals surface area contributed by atoms with Crippen molar-refractivity contribution in [1.29, 1.82) is 0 Å². The van der Waals surface area contributed by atoms with Crippen LogP contribution in [0.25, 0.3) is 16.9 Å². The molecule has 0 amide bonds. The summed E-state index contributed by atoms with van der Waals surface area (Å²) in [5, 5.41) is 8.43. The van der Waals surface area contributed by atoms with Crippen molar-refractivity contribution in [1.82, 2.24) is 9.78 Å². The number of aromatic nitrogens is 2. The average Bonchev–Trinajstić information content (AvgIpc) is 3.10. The minimum Gasteiger partial charge on any atom is -0.369 e. The maximum Gasteiger partial charge on any atom is 0.133 e. The van der Waals surface area contributed by atoms with Crippen LogP contribution in [0.15, 0.2) is 48.5 Å². The molecule has 0 fully saturated rings. The van der Waals surface area contributed by atoms with Crippen LogP contribution in [0.5, 0.6) is 0 Å².